The van der Waals surface area contributed by atoms with Crippen molar-refractivity contribution in [3.05, 3.63) is 35.1 Å². The fourth-order valence-corrected chi connectivity index (χ4v) is 3.47. The zero-order valence-corrected chi connectivity index (χ0v) is 13.1. The summed E-state index contributed by atoms with van der Waals surface area (Å²) < 4.78 is 13.4. The molecule has 116 valence electrons. The van der Waals surface area contributed by atoms with E-state index in [1.54, 1.807) is 6.07 Å². The number of carbonyl (C=O) groups excluding carboxylic acids is 1. The van der Waals surface area contributed by atoms with Gasteiger partial charge in [0.2, 0.25) is 0 Å². The summed E-state index contributed by atoms with van der Waals surface area (Å²) in [6.45, 7) is 5.57. The van der Waals surface area contributed by atoms with Crippen LogP contribution in [0.25, 0.3) is 0 Å². The van der Waals surface area contributed by atoms with Gasteiger partial charge in [-0.2, -0.15) is 0 Å². The van der Waals surface area contributed by atoms with Gasteiger partial charge in [-0.05, 0) is 62.4 Å². The summed E-state index contributed by atoms with van der Waals surface area (Å²) in [4.78, 5) is 14.5. The zero-order valence-electron chi connectivity index (χ0n) is 12.3. The molecule has 0 atom stereocenters. The highest BCUT2D eigenvalue weighted by atomic mass is 35.5. The van der Waals surface area contributed by atoms with Crippen LogP contribution in [0.5, 0.6) is 0 Å². The number of benzene rings is 1. The molecule has 21 heavy (non-hydrogen) atoms. The lowest BCUT2D eigenvalue weighted by Gasteiger charge is -2.33. The topological polar surface area (TPSA) is 32.3 Å². The average Bonchev–Trinajstić information content (AvgIpc) is 2.85. The zero-order chi connectivity index (χ0) is 14.2. The van der Waals surface area contributed by atoms with E-state index in [1.165, 1.54) is 12.1 Å². The van der Waals surface area contributed by atoms with Gasteiger partial charge in [0, 0.05) is 18.7 Å². The summed E-state index contributed by atoms with van der Waals surface area (Å²) in [5, 5.41) is 3.38. The minimum atomic E-state index is -0.338. The number of halogens is 2. The van der Waals surface area contributed by atoms with E-state index in [9.17, 15) is 9.18 Å². The second-order valence-corrected chi connectivity index (χ2v) is 6.19. The van der Waals surface area contributed by atoms with Gasteiger partial charge in [-0.1, -0.05) is 6.07 Å². The molecule has 2 fully saturated rings. The number of carbonyl (C=O) groups is 1. The van der Waals surface area contributed by atoms with Crippen LogP contribution in [0.2, 0.25) is 0 Å². The van der Waals surface area contributed by atoms with E-state index >= 15 is 0 Å². The Hall–Kier alpha value is -1.13. The van der Waals surface area contributed by atoms with Crippen LogP contribution in [0.15, 0.2) is 18.2 Å². The van der Waals surface area contributed by atoms with Crippen molar-refractivity contribution in [3.63, 3.8) is 0 Å². The lowest BCUT2D eigenvalue weighted by Crippen LogP contribution is -2.39. The van der Waals surface area contributed by atoms with Crippen LogP contribution in [-0.2, 0) is 0 Å². The Morgan fingerprint density at radius 3 is 2.71 bits per heavy atom. The molecule has 0 bridgehead atoms. The van der Waals surface area contributed by atoms with Crippen LogP contribution in [0.3, 0.4) is 0 Å². The SMILES string of the molecule is Cc1ccc(F)cc1C(=O)N1CCC2(CCNCC2)C1.Cl. The minimum absolute atomic E-state index is 0. The Kier molecular flexibility index (Phi) is 4.89. The molecule has 1 amide bonds. The molecule has 0 radical (unpaired) electrons. The molecule has 5 heteroatoms. The van der Waals surface area contributed by atoms with Gasteiger partial charge in [-0.25, -0.2) is 4.39 Å². The summed E-state index contributed by atoms with van der Waals surface area (Å²) in [7, 11) is 0. The molecule has 1 aromatic rings. The maximum Gasteiger partial charge on any atom is 0.254 e. The van der Waals surface area contributed by atoms with E-state index in [0.717, 1.165) is 51.0 Å². The van der Waals surface area contributed by atoms with Crippen LogP contribution in [0.1, 0.15) is 35.2 Å². The lowest BCUT2D eigenvalue weighted by atomic mass is 9.78. The Bertz CT molecular complexity index is 529. The van der Waals surface area contributed by atoms with Crippen LogP contribution < -0.4 is 5.32 Å². The monoisotopic (exact) mass is 312 g/mol. The number of aryl methyl sites for hydroxylation is 1. The number of piperidine rings is 1. The third-order valence-electron chi connectivity index (χ3n) is 4.82. The number of hydrogen-bond donors (Lipinski definition) is 1. The second-order valence-electron chi connectivity index (χ2n) is 6.19. The molecule has 2 aliphatic rings. The van der Waals surface area contributed by atoms with E-state index in [1.807, 2.05) is 11.8 Å². The van der Waals surface area contributed by atoms with E-state index < -0.39 is 0 Å². The fraction of sp³-hybridized carbons (Fsp3) is 0.562. The largest absolute Gasteiger partial charge is 0.338 e. The van der Waals surface area contributed by atoms with E-state index in [2.05, 4.69) is 5.32 Å². The van der Waals surface area contributed by atoms with Gasteiger partial charge >= 0.3 is 0 Å². The quantitative estimate of drug-likeness (QED) is 0.865. The van der Waals surface area contributed by atoms with Crippen LogP contribution in [0, 0.1) is 18.2 Å². The number of amides is 1. The van der Waals surface area contributed by atoms with Crippen molar-refractivity contribution in [1.29, 1.82) is 0 Å². The standard InChI is InChI=1S/C16H21FN2O.ClH/c1-12-2-3-13(17)10-14(12)15(20)19-9-6-16(11-19)4-7-18-8-5-16;/h2-3,10,18H,4-9,11H2,1H3;1H. The molecule has 2 saturated heterocycles. The smallest absolute Gasteiger partial charge is 0.254 e. The number of rotatable bonds is 1. The van der Waals surface area contributed by atoms with Crippen LogP contribution in [-0.4, -0.2) is 37.0 Å². The third kappa shape index (κ3) is 3.22. The number of hydrogen-bond acceptors (Lipinski definition) is 2. The maximum absolute atomic E-state index is 13.4. The summed E-state index contributed by atoms with van der Waals surface area (Å²) in [5.74, 6) is -0.355. The van der Waals surface area contributed by atoms with E-state index in [0.29, 0.717) is 11.0 Å². The Balaban J connectivity index is 0.00000161. The van der Waals surface area contributed by atoms with Crippen molar-refractivity contribution in [3.8, 4) is 0 Å². The molecule has 1 spiro atoms. The molecule has 2 heterocycles. The number of nitrogens with zero attached hydrogens (tertiary/aromatic N) is 1. The average molecular weight is 313 g/mol. The van der Waals surface area contributed by atoms with Gasteiger partial charge in [0.25, 0.3) is 5.91 Å². The first-order valence-electron chi connectivity index (χ1n) is 7.36. The van der Waals surface area contributed by atoms with Crippen molar-refractivity contribution >= 4 is 18.3 Å². The molecule has 0 aliphatic carbocycles. The van der Waals surface area contributed by atoms with Crippen LogP contribution in [0.4, 0.5) is 4.39 Å². The Labute approximate surface area is 131 Å². The Morgan fingerprint density at radius 2 is 2.00 bits per heavy atom. The van der Waals surface area contributed by atoms with Crippen molar-refractivity contribution in [1.82, 2.24) is 10.2 Å². The number of likely N-dealkylation sites (tertiary alicyclic amines) is 1. The molecular weight excluding hydrogens is 291 g/mol. The van der Waals surface area contributed by atoms with Gasteiger partial charge in [-0.3, -0.25) is 4.79 Å². The van der Waals surface area contributed by atoms with Gasteiger partial charge in [-0.15, -0.1) is 12.4 Å². The fourth-order valence-electron chi connectivity index (χ4n) is 3.47. The molecule has 3 rings (SSSR count). The molecule has 0 saturated carbocycles. The lowest BCUT2D eigenvalue weighted by molar-refractivity contribution is 0.0760. The van der Waals surface area contributed by atoms with Crippen LogP contribution >= 0.6 is 12.4 Å². The highest BCUT2D eigenvalue weighted by Gasteiger charge is 2.40. The van der Waals surface area contributed by atoms with Crippen molar-refractivity contribution < 1.29 is 9.18 Å². The molecule has 3 nitrogen and oxygen atoms in total. The molecular formula is C16H22ClFN2O. The summed E-state index contributed by atoms with van der Waals surface area (Å²) >= 11 is 0. The first-order chi connectivity index (χ1) is 9.60. The molecule has 1 N–H and O–H groups in total. The van der Waals surface area contributed by atoms with Gasteiger partial charge in [0.15, 0.2) is 0 Å². The minimum Gasteiger partial charge on any atom is -0.338 e. The van der Waals surface area contributed by atoms with Gasteiger partial charge < -0.3 is 10.2 Å². The summed E-state index contributed by atoms with van der Waals surface area (Å²) in [6, 6.07) is 4.45. The normalized spacial score (nSPS) is 20.4. The molecule has 2 aliphatic heterocycles. The third-order valence-corrected chi connectivity index (χ3v) is 4.82. The molecule has 1 aromatic carbocycles. The van der Waals surface area contributed by atoms with E-state index in [4.69, 9.17) is 0 Å². The summed E-state index contributed by atoms with van der Waals surface area (Å²) in [5.41, 5.74) is 1.65. The predicted molar refractivity (Wildman–Crippen MR) is 83.4 cm³/mol. The predicted octanol–water partition coefficient (Wildman–Crippen LogP) is 2.77. The van der Waals surface area contributed by atoms with Crippen molar-refractivity contribution in [2.45, 2.75) is 26.2 Å². The van der Waals surface area contributed by atoms with Crippen molar-refractivity contribution in [2.75, 3.05) is 26.2 Å². The highest BCUT2D eigenvalue weighted by Crippen LogP contribution is 2.39. The van der Waals surface area contributed by atoms with E-state index in [-0.39, 0.29) is 24.1 Å². The molecule has 0 unspecified atom stereocenters. The second kappa shape index (κ2) is 6.32. The first kappa shape index (κ1) is 16.2. The number of nitrogens with one attached hydrogen (secondary N) is 1. The molecule has 0 aromatic heterocycles. The van der Waals surface area contributed by atoms with Crippen molar-refractivity contribution in [2.24, 2.45) is 5.41 Å². The first-order valence-corrected chi connectivity index (χ1v) is 7.36. The maximum atomic E-state index is 13.4. The highest BCUT2D eigenvalue weighted by molar-refractivity contribution is 5.95. The van der Waals surface area contributed by atoms with Gasteiger partial charge in [0.1, 0.15) is 5.82 Å². The Morgan fingerprint density at radius 1 is 1.29 bits per heavy atom. The summed E-state index contributed by atoms with van der Waals surface area (Å²) in [6.07, 6.45) is 3.35. The van der Waals surface area contributed by atoms with Gasteiger partial charge in [0.05, 0.1) is 0 Å².